The van der Waals surface area contributed by atoms with Crippen molar-refractivity contribution in [1.82, 2.24) is 5.32 Å². The van der Waals surface area contributed by atoms with Gasteiger partial charge in [-0.15, -0.1) is 0 Å². The van der Waals surface area contributed by atoms with Crippen molar-refractivity contribution in [1.29, 1.82) is 0 Å². The second-order valence-corrected chi connectivity index (χ2v) is 9.65. The molecule has 0 heterocycles. The van der Waals surface area contributed by atoms with E-state index in [9.17, 15) is 13.2 Å². The zero-order valence-electron chi connectivity index (χ0n) is 19.6. The Hall–Kier alpha value is -3.32. The number of benzene rings is 3. The lowest BCUT2D eigenvalue weighted by molar-refractivity contribution is 0.0951. The molecule has 6 nitrogen and oxygen atoms in total. The van der Waals surface area contributed by atoms with Crippen LogP contribution in [0, 0.1) is 13.8 Å². The molecule has 0 saturated carbocycles. The number of hydrogen-bond donors (Lipinski definition) is 2. The van der Waals surface area contributed by atoms with Crippen LogP contribution >= 0.6 is 0 Å². The molecular weight excluding hydrogens is 434 g/mol. The van der Waals surface area contributed by atoms with Crippen molar-refractivity contribution in [3.8, 4) is 0 Å². The third kappa shape index (κ3) is 6.14. The number of nitrogens with zero attached hydrogens (tertiary/aromatic N) is 1. The van der Waals surface area contributed by atoms with Crippen LogP contribution in [0.4, 0.5) is 11.4 Å². The van der Waals surface area contributed by atoms with Gasteiger partial charge in [0.05, 0.1) is 10.6 Å². The van der Waals surface area contributed by atoms with Gasteiger partial charge in [0.1, 0.15) is 0 Å². The van der Waals surface area contributed by atoms with Crippen molar-refractivity contribution in [3.63, 3.8) is 0 Å². The van der Waals surface area contributed by atoms with Gasteiger partial charge in [-0.3, -0.25) is 9.52 Å². The monoisotopic (exact) mass is 465 g/mol. The van der Waals surface area contributed by atoms with Crippen LogP contribution in [-0.2, 0) is 16.6 Å². The predicted molar refractivity (Wildman–Crippen MR) is 134 cm³/mol. The van der Waals surface area contributed by atoms with Crippen LogP contribution in [-0.4, -0.2) is 27.4 Å². The van der Waals surface area contributed by atoms with E-state index in [1.807, 2.05) is 19.1 Å². The molecule has 0 aromatic heterocycles. The summed E-state index contributed by atoms with van der Waals surface area (Å²) in [6.07, 6.45) is 0. The van der Waals surface area contributed by atoms with Gasteiger partial charge in [-0.25, -0.2) is 8.42 Å². The highest BCUT2D eigenvalue weighted by molar-refractivity contribution is 7.92. The molecule has 7 heteroatoms. The number of rotatable bonds is 9. The van der Waals surface area contributed by atoms with Gasteiger partial charge in [-0.2, -0.15) is 0 Å². The van der Waals surface area contributed by atoms with Gasteiger partial charge in [-0.05, 0) is 81.3 Å². The van der Waals surface area contributed by atoms with Gasteiger partial charge < -0.3 is 10.2 Å². The van der Waals surface area contributed by atoms with Crippen LogP contribution in [0.1, 0.15) is 40.9 Å². The van der Waals surface area contributed by atoms with Gasteiger partial charge in [-0.1, -0.05) is 29.8 Å². The van der Waals surface area contributed by atoms with Crippen molar-refractivity contribution in [3.05, 3.63) is 89.0 Å². The Bertz CT molecular complexity index is 1200. The molecule has 0 radical (unpaired) electrons. The molecule has 33 heavy (non-hydrogen) atoms. The SMILES string of the molecule is CCN(CC)c1ccc(CNC(=O)c2ccc(NS(=O)(=O)c3ccc(C)cc3)c(C)c2)cc1. The number of sulfonamides is 1. The zero-order chi connectivity index (χ0) is 24.0. The standard InChI is InChI=1S/C26H31N3O3S/c1-5-29(6-2)23-12-9-21(10-13-23)18-27-26(30)22-11-16-25(20(4)17-22)28-33(31,32)24-14-7-19(3)8-15-24/h7-17,28H,5-6,18H2,1-4H3,(H,27,30). The molecule has 0 aliphatic heterocycles. The summed E-state index contributed by atoms with van der Waals surface area (Å²) in [4.78, 5) is 15.1. The lowest BCUT2D eigenvalue weighted by Crippen LogP contribution is -2.23. The number of hydrogen-bond acceptors (Lipinski definition) is 4. The van der Waals surface area contributed by atoms with E-state index in [-0.39, 0.29) is 10.8 Å². The molecule has 0 saturated heterocycles. The smallest absolute Gasteiger partial charge is 0.261 e. The summed E-state index contributed by atoms with van der Waals surface area (Å²) >= 11 is 0. The molecule has 0 aliphatic rings. The lowest BCUT2D eigenvalue weighted by Gasteiger charge is -2.21. The summed E-state index contributed by atoms with van der Waals surface area (Å²) < 4.78 is 27.9. The van der Waals surface area contributed by atoms with Crippen molar-refractivity contribution in [2.24, 2.45) is 0 Å². The van der Waals surface area contributed by atoms with Crippen molar-refractivity contribution < 1.29 is 13.2 Å². The fraction of sp³-hybridized carbons (Fsp3) is 0.269. The number of carbonyl (C=O) groups is 1. The van der Waals surface area contributed by atoms with Crippen LogP contribution in [0.5, 0.6) is 0 Å². The molecule has 3 rings (SSSR count). The van der Waals surface area contributed by atoms with E-state index >= 15 is 0 Å². The van der Waals surface area contributed by atoms with E-state index in [0.717, 1.165) is 29.9 Å². The maximum Gasteiger partial charge on any atom is 0.261 e. The second kappa shape index (κ2) is 10.5. The van der Waals surface area contributed by atoms with Crippen molar-refractivity contribution >= 4 is 27.3 Å². The fourth-order valence-electron chi connectivity index (χ4n) is 3.54. The van der Waals surface area contributed by atoms with Crippen LogP contribution in [0.25, 0.3) is 0 Å². The average Bonchev–Trinajstić information content (AvgIpc) is 2.80. The lowest BCUT2D eigenvalue weighted by atomic mass is 10.1. The van der Waals surface area contributed by atoms with E-state index in [1.54, 1.807) is 49.4 Å². The Kier molecular flexibility index (Phi) is 7.76. The highest BCUT2D eigenvalue weighted by Crippen LogP contribution is 2.21. The van der Waals surface area contributed by atoms with Crippen LogP contribution in [0.15, 0.2) is 71.6 Å². The molecule has 0 aliphatic carbocycles. The topological polar surface area (TPSA) is 78.5 Å². The maximum atomic E-state index is 12.7. The molecule has 1 amide bonds. The minimum Gasteiger partial charge on any atom is -0.372 e. The molecule has 0 unspecified atom stereocenters. The van der Waals surface area contributed by atoms with Crippen LogP contribution < -0.4 is 14.9 Å². The molecular formula is C26H31N3O3S. The van der Waals surface area contributed by atoms with Gasteiger partial charge >= 0.3 is 0 Å². The van der Waals surface area contributed by atoms with Crippen molar-refractivity contribution in [2.45, 2.75) is 39.1 Å². The molecule has 174 valence electrons. The molecule has 0 bridgehead atoms. The Morgan fingerprint density at radius 3 is 2.09 bits per heavy atom. The number of nitrogens with one attached hydrogen (secondary N) is 2. The average molecular weight is 466 g/mol. The second-order valence-electron chi connectivity index (χ2n) is 7.97. The fourth-order valence-corrected chi connectivity index (χ4v) is 4.67. The van der Waals surface area contributed by atoms with E-state index < -0.39 is 10.0 Å². The van der Waals surface area contributed by atoms with Crippen LogP contribution in [0.2, 0.25) is 0 Å². The zero-order valence-corrected chi connectivity index (χ0v) is 20.4. The molecule has 2 N–H and O–H groups in total. The quantitative estimate of drug-likeness (QED) is 0.472. The first-order valence-electron chi connectivity index (χ1n) is 11.1. The van der Waals surface area contributed by atoms with E-state index in [1.165, 1.54) is 0 Å². The van der Waals surface area contributed by atoms with E-state index in [0.29, 0.717) is 23.4 Å². The third-order valence-electron chi connectivity index (χ3n) is 5.58. The highest BCUT2D eigenvalue weighted by Gasteiger charge is 2.16. The first kappa shape index (κ1) is 24.3. The Balaban J connectivity index is 1.64. The molecule has 0 spiro atoms. The summed E-state index contributed by atoms with van der Waals surface area (Å²) in [6.45, 7) is 10.2. The third-order valence-corrected chi connectivity index (χ3v) is 6.96. The molecule has 0 fully saturated rings. The number of amides is 1. The summed E-state index contributed by atoms with van der Waals surface area (Å²) in [5.41, 5.74) is 4.75. The van der Waals surface area contributed by atoms with Crippen molar-refractivity contribution in [2.75, 3.05) is 22.7 Å². The van der Waals surface area contributed by atoms with Gasteiger partial charge in [0.15, 0.2) is 0 Å². The minimum absolute atomic E-state index is 0.196. The predicted octanol–water partition coefficient (Wildman–Crippen LogP) is 4.88. The largest absolute Gasteiger partial charge is 0.372 e. The Morgan fingerprint density at radius 1 is 0.879 bits per heavy atom. The van der Waals surface area contributed by atoms with Crippen LogP contribution in [0.3, 0.4) is 0 Å². The maximum absolute atomic E-state index is 12.7. The minimum atomic E-state index is -3.70. The normalized spacial score (nSPS) is 11.2. The van der Waals surface area contributed by atoms with E-state index in [4.69, 9.17) is 0 Å². The Morgan fingerprint density at radius 2 is 1.52 bits per heavy atom. The molecule has 3 aromatic rings. The number of aryl methyl sites for hydroxylation is 2. The van der Waals surface area contributed by atoms with Gasteiger partial charge in [0.2, 0.25) is 0 Å². The number of anilines is 2. The summed E-state index contributed by atoms with van der Waals surface area (Å²) in [6, 6.07) is 19.7. The van der Waals surface area contributed by atoms with Gasteiger partial charge in [0.25, 0.3) is 15.9 Å². The number of carbonyl (C=O) groups excluding carboxylic acids is 1. The molecule has 0 atom stereocenters. The summed E-state index contributed by atoms with van der Waals surface area (Å²) in [5.74, 6) is -0.209. The molecule has 3 aromatic carbocycles. The Labute approximate surface area is 196 Å². The van der Waals surface area contributed by atoms with E-state index in [2.05, 4.69) is 40.9 Å². The summed E-state index contributed by atoms with van der Waals surface area (Å²) in [7, 11) is -3.70. The first-order valence-corrected chi connectivity index (χ1v) is 12.5. The highest BCUT2D eigenvalue weighted by atomic mass is 32.2. The first-order chi connectivity index (χ1) is 15.7. The summed E-state index contributed by atoms with van der Waals surface area (Å²) in [5, 5.41) is 2.93. The van der Waals surface area contributed by atoms with Gasteiger partial charge in [0, 0.05) is 30.9 Å².